The summed E-state index contributed by atoms with van der Waals surface area (Å²) in [7, 11) is 2.02. The van der Waals surface area contributed by atoms with Crippen molar-refractivity contribution in [1.29, 1.82) is 0 Å². The summed E-state index contributed by atoms with van der Waals surface area (Å²) < 4.78 is 50.5. The lowest BCUT2D eigenvalue weighted by atomic mass is 9.84. The quantitative estimate of drug-likeness (QED) is 0.529. The van der Waals surface area contributed by atoms with Gasteiger partial charge in [0.05, 0.1) is 24.7 Å². The van der Waals surface area contributed by atoms with Gasteiger partial charge in [0.15, 0.2) is 0 Å². The molecule has 4 atom stereocenters. The molecule has 3 N–H and O–H groups in total. The van der Waals surface area contributed by atoms with E-state index in [-0.39, 0.29) is 36.6 Å². The average molecular weight is 549 g/mol. The summed E-state index contributed by atoms with van der Waals surface area (Å²) >= 11 is 0. The van der Waals surface area contributed by atoms with Crippen LogP contribution >= 0.6 is 0 Å². The zero-order valence-corrected chi connectivity index (χ0v) is 21.4. The molecule has 3 heterocycles. The monoisotopic (exact) mass is 548 g/mol. The smallest absolute Gasteiger partial charge is 0.416 e. The second-order valence-corrected chi connectivity index (χ2v) is 10.2. The normalized spacial score (nSPS) is 24.9. The van der Waals surface area contributed by atoms with Crippen LogP contribution in [-0.2, 0) is 15.7 Å². The Morgan fingerprint density at radius 2 is 1.69 bits per heavy atom. The molecule has 3 amide bonds. The van der Waals surface area contributed by atoms with E-state index < -0.39 is 30.0 Å². The van der Waals surface area contributed by atoms with Crippen molar-refractivity contribution in [1.82, 2.24) is 9.80 Å². The Morgan fingerprint density at radius 3 is 2.36 bits per heavy atom. The van der Waals surface area contributed by atoms with Crippen LogP contribution in [0.2, 0.25) is 0 Å². The topological polar surface area (TPSA) is 103 Å². The molecule has 12 heteroatoms. The third-order valence-electron chi connectivity index (χ3n) is 7.49. The Kier molecular flexibility index (Phi) is 7.70. The first-order valence-corrected chi connectivity index (χ1v) is 12.9. The number of hydrogen-bond donors (Lipinski definition) is 3. The molecule has 0 unspecified atom stereocenters. The maximum Gasteiger partial charge on any atom is 0.416 e. The van der Waals surface area contributed by atoms with Gasteiger partial charge in [0.2, 0.25) is 5.91 Å². The SMILES string of the molecule is CN1CCN(C(=O)C[C@@H]2C[C@@H]3c4cc(NC(=O)Nc5ccc(C(F)(F)F)cc5)ccc4O[C@@H]3[C@H](CO)O2)CC1. The summed E-state index contributed by atoms with van der Waals surface area (Å²) in [6.07, 6.45) is -5.12. The number of nitrogens with zero attached hydrogens (tertiary/aromatic N) is 2. The zero-order chi connectivity index (χ0) is 27.7. The molecule has 2 aromatic carbocycles. The minimum Gasteiger partial charge on any atom is -0.487 e. The van der Waals surface area contributed by atoms with E-state index >= 15 is 0 Å². The van der Waals surface area contributed by atoms with E-state index in [1.165, 1.54) is 12.1 Å². The minimum absolute atomic E-state index is 0.0257. The van der Waals surface area contributed by atoms with Crippen LogP contribution in [-0.4, -0.2) is 85.0 Å². The van der Waals surface area contributed by atoms with E-state index in [1.807, 2.05) is 11.9 Å². The van der Waals surface area contributed by atoms with Crippen LogP contribution in [0.25, 0.3) is 0 Å². The highest BCUT2D eigenvalue weighted by molar-refractivity contribution is 5.99. The van der Waals surface area contributed by atoms with Gasteiger partial charge in [-0.25, -0.2) is 4.79 Å². The van der Waals surface area contributed by atoms with Crippen LogP contribution in [0.15, 0.2) is 42.5 Å². The summed E-state index contributed by atoms with van der Waals surface area (Å²) in [5, 5.41) is 15.2. The lowest BCUT2D eigenvalue weighted by Gasteiger charge is -2.38. The molecule has 0 aromatic heterocycles. The van der Waals surface area contributed by atoms with Crippen LogP contribution in [0.5, 0.6) is 5.75 Å². The van der Waals surface area contributed by atoms with Crippen molar-refractivity contribution < 1.29 is 37.3 Å². The van der Waals surface area contributed by atoms with E-state index in [2.05, 4.69) is 15.5 Å². The number of alkyl halides is 3. The summed E-state index contributed by atoms with van der Waals surface area (Å²) in [5.41, 5.74) is 0.724. The van der Waals surface area contributed by atoms with Gasteiger partial charge in [0, 0.05) is 49.0 Å². The Morgan fingerprint density at radius 1 is 1.03 bits per heavy atom. The number of anilines is 2. The van der Waals surface area contributed by atoms with Gasteiger partial charge in [-0.1, -0.05) is 0 Å². The fraction of sp³-hybridized carbons (Fsp3) is 0.481. The number of amides is 3. The number of hydrogen-bond acceptors (Lipinski definition) is 6. The predicted octanol–water partition coefficient (Wildman–Crippen LogP) is 3.51. The Bertz CT molecular complexity index is 1200. The molecule has 2 saturated heterocycles. The number of piperazine rings is 1. The van der Waals surface area contributed by atoms with Gasteiger partial charge >= 0.3 is 12.2 Å². The van der Waals surface area contributed by atoms with Crippen LogP contribution < -0.4 is 15.4 Å². The molecule has 0 aliphatic carbocycles. The molecule has 39 heavy (non-hydrogen) atoms. The van der Waals surface area contributed by atoms with E-state index in [9.17, 15) is 27.9 Å². The standard InChI is InChI=1S/C27H31F3N4O5/c1-33-8-10-34(11-9-33)24(36)14-19-13-21-20-12-18(6-7-22(20)39-25(21)23(15-35)38-19)32-26(37)31-17-4-2-16(3-5-17)27(28,29)30/h2-7,12,19,21,23,25,35H,8-11,13-15H2,1H3,(H2,31,32,37)/t19-,21+,23-,25-/m0/s1. The first-order valence-electron chi connectivity index (χ1n) is 12.9. The number of likely N-dealkylation sites (N-methyl/N-ethyl adjacent to an activating group) is 1. The summed E-state index contributed by atoms with van der Waals surface area (Å²) in [4.78, 5) is 29.5. The van der Waals surface area contributed by atoms with Crippen molar-refractivity contribution in [2.24, 2.45) is 0 Å². The lowest BCUT2D eigenvalue weighted by molar-refractivity contribution is -0.150. The number of urea groups is 1. The summed E-state index contributed by atoms with van der Waals surface area (Å²) in [5.74, 6) is 0.500. The molecular weight excluding hydrogens is 517 g/mol. The van der Waals surface area contributed by atoms with Gasteiger partial charge in [-0.3, -0.25) is 4.79 Å². The Labute approximate surface area is 223 Å². The number of ether oxygens (including phenoxy) is 2. The van der Waals surface area contributed by atoms with E-state index in [4.69, 9.17) is 9.47 Å². The van der Waals surface area contributed by atoms with E-state index in [1.54, 1.807) is 18.2 Å². The van der Waals surface area contributed by atoms with Crippen molar-refractivity contribution in [3.63, 3.8) is 0 Å². The molecular formula is C27H31F3N4O5. The maximum atomic E-state index is 12.9. The minimum atomic E-state index is -4.46. The molecule has 210 valence electrons. The number of aliphatic hydroxyl groups is 1. The fourth-order valence-electron chi connectivity index (χ4n) is 5.38. The number of fused-ring (bicyclic) bond motifs is 3. The molecule has 2 fully saturated rings. The van der Waals surface area contributed by atoms with Crippen molar-refractivity contribution in [3.8, 4) is 5.75 Å². The van der Waals surface area contributed by atoms with Crippen molar-refractivity contribution >= 4 is 23.3 Å². The number of nitrogens with one attached hydrogen (secondary N) is 2. The van der Waals surface area contributed by atoms with Gasteiger partial charge in [-0.05, 0) is 55.9 Å². The molecule has 9 nitrogen and oxygen atoms in total. The summed E-state index contributed by atoms with van der Waals surface area (Å²) in [6, 6.07) is 8.72. The van der Waals surface area contributed by atoms with Crippen LogP contribution in [0, 0.1) is 0 Å². The fourth-order valence-corrected chi connectivity index (χ4v) is 5.38. The van der Waals surface area contributed by atoms with Crippen LogP contribution in [0.1, 0.15) is 29.9 Å². The van der Waals surface area contributed by atoms with Gasteiger partial charge in [0.25, 0.3) is 0 Å². The lowest BCUT2D eigenvalue weighted by Crippen LogP contribution is -2.50. The number of carbonyl (C=O) groups is 2. The number of halogens is 3. The predicted molar refractivity (Wildman–Crippen MR) is 137 cm³/mol. The Balaban J connectivity index is 1.24. The molecule has 2 aromatic rings. The second-order valence-electron chi connectivity index (χ2n) is 10.2. The first-order chi connectivity index (χ1) is 18.6. The van der Waals surface area contributed by atoms with Gasteiger partial charge < -0.3 is 35.0 Å². The highest BCUT2D eigenvalue weighted by atomic mass is 19.4. The molecule has 0 bridgehead atoms. The van der Waals surface area contributed by atoms with Gasteiger partial charge in [0.1, 0.15) is 18.0 Å². The average Bonchev–Trinajstić information content (AvgIpc) is 3.26. The van der Waals surface area contributed by atoms with Gasteiger partial charge in [-0.15, -0.1) is 0 Å². The Hall–Kier alpha value is -3.35. The van der Waals surface area contributed by atoms with E-state index in [0.29, 0.717) is 30.9 Å². The highest BCUT2D eigenvalue weighted by Crippen LogP contribution is 2.47. The number of carbonyl (C=O) groups excluding carboxylic acids is 2. The van der Waals surface area contributed by atoms with Crippen molar-refractivity contribution in [2.45, 2.75) is 43.2 Å². The third-order valence-corrected chi connectivity index (χ3v) is 7.49. The zero-order valence-electron chi connectivity index (χ0n) is 21.4. The third kappa shape index (κ3) is 6.13. The number of benzene rings is 2. The molecule has 3 aliphatic rings. The molecule has 0 spiro atoms. The van der Waals surface area contributed by atoms with Crippen molar-refractivity contribution in [3.05, 3.63) is 53.6 Å². The first kappa shape index (κ1) is 27.2. The largest absolute Gasteiger partial charge is 0.487 e. The molecule has 0 radical (unpaired) electrons. The number of rotatable bonds is 5. The highest BCUT2D eigenvalue weighted by Gasteiger charge is 2.46. The van der Waals surface area contributed by atoms with Crippen molar-refractivity contribution in [2.75, 3.05) is 50.5 Å². The molecule has 0 saturated carbocycles. The molecule has 5 rings (SSSR count). The van der Waals surface area contributed by atoms with Crippen LogP contribution in [0.3, 0.4) is 0 Å². The van der Waals surface area contributed by atoms with Gasteiger partial charge in [-0.2, -0.15) is 13.2 Å². The maximum absolute atomic E-state index is 12.9. The summed E-state index contributed by atoms with van der Waals surface area (Å²) in [6.45, 7) is 2.74. The van der Waals surface area contributed by atoms with Crippen LogP contribution in [0.4, 0.5) is 29.3 Å². The number of aliphatic hydroxyl groups excluding tert-OH is 1. The van der Waals surface area contributed by atoms with E-state index in [0.717, 1.165) is 30.8 Å². The molecule has 3 aliphatic heterocycles. The second kappa shape index (κ2) is 11.0.